The maximum atomic E-state index is 12.9. The Balaban J connectivity index is 2.44. The lowest BCUT2D eigenvalue weighted by molar-refractivity contribution is -0.147. The Morgan fingerprint density at radius 1 is 1.07 bits per heavy atom. The minimum atomic E-state index is -1.55. The summed E-state index contributed by atoms with van der Waals surface area (Å²) in [6.07, 6.45) is 3.76. The van der Waals surface area contributed by atoms with Crippen molar-refractivity contribution < 1.29 is 24.2 Å². The van der Waals surface area contributed by atoms with E-state index in [0.29, 0.717) is 18.4 Å². The largest absolute Gasteiger partial charge is 0.479 e. The fraction of sp³-hybridized carbons (Fsp3) is 0.292. The SMILES string of the molecule is CC[C@H](C/C=C/C(=O)OC)[C@](Cc1ccccc1)(NC(=O)c1ccccc1)C(=O)O. The molecule has 0 aromatic heterocycles. The van der Waals surface area contributed by atoms with Crippen LogP contribution in [0.1, 0.15) is 35.7 Å². The Morgan fingerprint density at radius 3 is 2.20 bits per heavy atom. The van der Waals surface area contributed by atoms with Crippen LogP contribution < -0.4 is 5.32 Å². The fourth-order valence-corrected chi connectivity index (χ4v) is 3.49. The van der Waals surface area contributed by atoms with E-state index in [1.54, 1.807) is 36.4 Å². The van der Waals surface area contributed by atoms with Crippen molar-refractivity contribution in [1.29, 1.82) is 0 Å². The van der Waals surface area contributed by atoms with Gasteiger partial charge in [0.15, 0.2) is 0 Å². The molecular formula is C24H27NO5. The second kappa shape index (κ2) is 11.0. The maximum Gasteiger partial charge on any atom is 0.330 e. The number of hydrogen-bond donors (Lipinski definition) is 2. The predicted octanol–water partition coefficient (Wildman–Crippen LogP) is 3.63. The van der Waals surface area contributed by atoms with E-state index in [2.05, 4.69) is 10.1 Å². The van der Waals surface area contributed by atoms with Gasteiger partial charge in [-0.2, -0.15) is 0 Å². The van der Waals surface area contributed by atoms with Crippen molar-refractivity contribution in [3.63, 3.8) is 0 Å². The summed E-state index contributed by atoms with van der Waals surface area (Å²) in [5, 5.41) is 13.1. The number of carbonyl (C=O) groups excluding carboxylic acids is 2. The van der Waals surface area contributed by atoms with Crippen LogP contribution in [0.3, 0.4) is 0 Å². The van der Waals surface area contributed by atoms with Crippen LogP contribution in [-0.4, -0.2) is 35.6 Å². The number of amides is 1. The van der Waals surface area contributed by atoms with Gasteiger partial charge in [0.1, 0.15) is 5.54 Å². The molecule has 2 rings (SSSR count). The molecule has 2 aromatic carbocycles. The van der Waals surface area contributed by atoms with E-state index in [1.165, 1.54) is 13.2 Å². The molecule has 0 saturated carbocycles. The van der Waals surface area contributed by atoms with Gasteiger partial charge in [-0.15, -0.1) is 0 Å². The van der Waals surface area contributed by atoms with E-state index in [1.807, 2.05) is 37.3 Å². The summed E-state index contributed by atoms with van der Waals surface area (Å²) in [5.74, 6) is -2.54. The lowest BCUT2D eigenvalue weighted by Crippen LogP contribution is -2.60. The molecule has 2 N–H and O–H groups in total. The van der Waals surface area contributed by atoms with E-state index in [4.69, 9.17) is 0 Å². The maximum absolute atomic E-state index is 12.9. The first-order valence-corrected chi connectivity index (χ1v) is 9.82. The van der Waals surface area contributed by atoms with Crippen LogP contribution in [0.4, 0.5) is 0 Å². The molecule has 158 valence electrons. The first-order chi connectivity index (χ1) is 14.4. The number of carbonyl (C=O) groups is 3. The van der Waals surface area contributed by atoms with Gasteiger partial charge in [0.2, 0.25) is 0 Å². The van der Waals surface area contributed by atoms with E-state index < -0.39 is 29.3 Å². The average molecular weight is 409 g/mol. The van der Waals surface area contributed by atoms with Crippen molar-refractivity contribution in [3.8, 4) is 0 Å². The third-order valence-corrected chi connectivity index (χ3v) is 5.15. The first-order valence-electron chi connectivity index (χ1n) is 9.82. The Hall–Kier alpha value is -3.41. The first kappa shape index (κ1) is 22.9. The van der Waals surface area contributed by atoms with Crippen molar-refractivity contribution >= 4 is 17.8 Å². The molecule has 30 heavy (non-hydrogen) atoms. The molecule has 6 nitrogen and oxygen atoms in total. The standard InChI is InChI=1S/C24H27NO5/c1-3-20(15-10-16-21(26)30-2)24(23(28)29,17-18-11-6-4-7-12-18)25-22(27)19-13-8-5-9-14-19/h4-14,16,20H,3,15,17H2,1-2H3,(H,25,27)(H,28,29)/b16-10+/t20-,24+/m1/s1. The minimum absolute atomic E-state index is 0.117. The van der Waals surface area contributed by atoms with Crippen LogP contribution in [0.2, 0.25) is 0 Å². The number of methoxy groups -OCH3 is 1. The number of esters is 1. The number of hydrogen-bond acceptors (Lipinski definition) is 4. The summed E-state index contributed by atoms with van der Waals surface area (Å²) in [7, 11) is 1.28. The van der Waals surface area contributed by atoms with E-state index in [9.17, 15) is 19.5 Å². The Bertz CT molecular complexity index is 879. The number of carboxylic acid groups (broad SMARTS) is 1. The normalized spacial score (nSPS) is 13.9. The highest BCUT2D eigenvalue weighted by atomic mass is 16.5. The molecule has 2 atom stereocenters. The van der Waals surface area contributed by atoms with Gasteiger partial charge in [-0.3, -0.25) is 4.79 Å². The molecular weight excluding hydrogens is 382 g/mol. The van der Waals surface area contributed by atoms with Crippen molar-refractivity contribution in [1.82, 2.24) is 5.32 Å². The third kappa shape index (κ3) is 5.80. The lowest BCUT2D eigenvalue weighted by Gasteiger charge is -2.37. The molecule has 0 saturated heterocycles. The average Bonchev–Trinajstić information content (AvgIpc) is 2.77. The zero-order chi connectivity index (χ0) is 22.0. The summed E-state index contributed by atoms with van der Waals surface area (Å²) in [6.45, 7) is 1.87. The highest BCUT2D eigenvalue weighted by Gasteiger charge is 2.46. The van der Waals surface area contributed by atoms with Gasteiger partial charge in [0.25, 0.3) is 5.91 Å². The molecule has 0 aliphatic rings. The summed E-state index contributed by atoms with van der Waals surface area (Å²) >= 11 is 0. The lowest BCUT2D eigenvalue weighted by atomic mass is 9.75. The van der Waals surface area contributed by atoms with Crippen LogP contribution >= 0.6 is 0 Å². The van der Waals surface area contributed by atoms with Gasteiger partial charge in [0, 0.05) is 18.1 Å². The molecule has 1 amide bonds. The second-order valence-corrected chi connectivity index (χ2v) is 7.03. The van der Waals surface area contributed by atoms with E-state index in [-0.39, 0.29) is 6.42 Å². The molecule has 0 unspecified atom stereocenters. The fourth-order valence-electron chi connectivity index (χ4n) is 3.49. The van der Waals surface area contributed by atoms with E-state index >= 15 is 0 Å². The molecule has 0 aliphatic carbocycles. The summed E-state index contributed by atoms with van der Waals surface area (Å²) in [6, 6.07) is 17.7. The van der Waals surface area contributed by atoms with Crippen LogP contribution in [0.25, 0.3) is 0 Å². The number of aliphatic carboxylic acids is 1. The summed E-state index contributed by atoms with van der Waals surface area (Å²) in [4.78, 5) is 37.0. The van der Waals surface area contributed by atoms with E-state index in [0.717, 1.165) is 5.56 Å². The van der Waals surface area contributed by atoms with Crippen LogP contribution in [0.15, 0.2) is 72.8 Å². The third-order valence-electron chi connectivity index (χ3n) is 5.15. The Morgan fingerprint density at radius 2 is 1.67 bits per heavy atom. The molecule has 2 aromatic rings. The van der Waals surface area contributed by atoms with Gasteiger partial charge in [-0.1, -0.05) is 68.0 Å². The monoisotopic (exact) mass is 409 g/mol. The van der Waals surface area contributed by atoms with Crippen molar-refractivity contribution in [3.05, 3.63) is 83.9 Å². The van der Waals surface area contributed by atoms with Gasteiger partial charge >= 0.3 is 11.9 Å². The number of allylic oxidation sites excluding steroid dienone is 1. The Kier molecular flexibility index (Phi) is 8.35. The number of rotatable bonds is 10. The number of ether oxygens (including phenoxy) is 1. The number of benzene rings is 2. The minimum Gasteiger partial charge on any atom is -0.479 e. The molecule has 0 radical (unpaired) electrons. The summed E-state index contributed by atoms with van der Waals surface area (Å²) < 4.78 is 4.60. The van der Waals surface area contributed by atoms with Crippen molar-refractivity contribution in [2.75, 3.05) is 7.11 Å². The predicted molar refractivity (Wildman–Crippen MR) is 114 cm³/mol. The van der Waals surface area contributed by atoms with Crippen molar-refractivity contribution in [2.24, 2.45) is 5.92 Å². The van der Waals surface area contributed by atoms with Crippen LogP contribution in [-0.2, 0) is 20.7 Å². The van der Waals surface area contributed by atoms with Crippen LogP contribution in [0, 0.1) is 5.92 Å². The zero-order valence-corrected chi connectivity index (χ0v) is 17.2. The summed E-state index contributed by atoms with van der Waals surface area (Å²) in [5.41, 5.74) is -0.372. The van der Waals surface area contributed by atoms with Gasteiger partial charge < -0.3 is 15.2 Å². The van der Waals surface area contributed by atoms with Gasteiger partial charge in [0.05, 0.1) is 7.11 Å². The molecule has 0 heterocycles. The topological polar surface area (TPSA) is 92.7 Å². The van der Waals surface area contributed by atoms with Crippen molar-refractivity contribution in [2.45, 2.75) is 31.7 Å². The van der Waals surface area contributed by atoms with Crippen LogP contribution in [0.5, 0.6) is 0 Å². The van der Waals surface area contributed by atoms with Gasteiger partial charge in [-0.05, 0) is 30.0 Å². The number of carboxylic acids is 1. The smallest absolute Gasteiger partial charge is 0.330 e. The molecule has 6 heteroatoms. The molecule has 0 aliphatic heterocycles. The second-order valence-electron chi connectivity index (χ2n) is 7.03. The quantitative estimate of drug-likeness (QED) is 0.462. The highest BCUT2D eigenvalue weighted by Crippen LogP contribution is 2.30. The highest BCUT2D eigenvalue weighted by molar-refractivity contribution is 5.98. The number of nitrogens with one attached hydrogen (secondary N) is 1. The van der Waals surface area contributed by atoms with Gasteiger partial charge in [-0.25, -0.2) is 9.59 Å². The molecule has 0 fully saturated rings. The Labute approximate surface area is 176 Å². The zero-order valence-electron chi connectivity index (χ0n) is 17.2. The molecule has 0 bridgehead atoms. The molecule has 0 spiro atoms.